The van der Waals surface area contributed by atoms with E-state index in [1.54, 1.807) is 12.1 Å². The van der Waals surface area contributed by atoms with Gasteiger partial charge < -0.3 is 32.2 Å². The van der Waals surface area contributed by atoms with E-state index in [1.807, 2.05) is 20.8 Å². The number of H-pyrrole nitrogens is 1. The zero-order valence-electron chi connectivity index (χ0n) is 25.2. The Hall–Kier alpha value is -5.32. The summed E-state index contributed by atoms with van der Waals surface area (Å²) in [7, 11) is 0. The van der Waals surface area contributed by atoms with E-state index in [1.165, 1.54) is 18.3 Å². The van der Waals surface area contributed by atoms with Crippen molar-refractivity contribution in [3.63, 3.8) is 0 Å². The van der Waals surface area contributed by atoms with Crippen LogP contribution in [0.3, 0.4) is 0 Å². The highest BCUT2D eigenvalue weighted by atomic mass is 16.4. The Morgan fingerprint density at radius 2 is 1.84 bits per heavy atom. The zero-order valence-corrected chi connectivity index (χ0v) is 25.2. The highest BCUT2D eigenvalue weighted by Gasteiger charge is 2.26. The Labute approximate surface area is 257 Å². The van der Waals surface area contributed by atoms with E-state index in [0.717, 1.165) is 6.42 Å². The van der Waals surface area contributed by atoms with Gasteiger partial charge in [0.2, 0.25) is 11.9 Å². The first-order valence-corrected chi connectivity index (χ1v) is 14.2. The molecule has 0 fully saturated rings. The Bertz CT molecular complexity index is 1600. The lowest BCUT2D eigenvalue weighted by atomic mass is 9.95. The normalized spacial score (nSPS) is 12.4. The van der Waals surface area contributed by atoms with Gasteiger partial charge in [-0.3, -0.25) is 24.2 Å². The number of fused-ring (bicyclic) bond motifs is 1. The number of aromatic amines is 1. The number of nitrogens with two attached hydrogens (primary N) is 1. The molecule has 3 rings (SSSR count). The van der Waals surface area contributed by atoms with E-state index in [0.29, 0.717) is 23.6 Å². The number of nitroso groups, excluding NO2 is 1. The lowest BCUT2D eigenvalue weighted by Gasteiger charge is -2.27. The van der Waals surface area contributed by atoms with Crippen molar-refractivity contribution in [3.8, 4) is 0 Å². The van der Waals surface area contributed by atoms with E-state index >= 15 is 0 Å². The van der Waals surface area contributed by atoms with Crippen LogP contribution >= 0.6 is 0 Å². The molecule has 0 saturated carbocycles. The van der Waals surface area contributed by atoms with E-state index < -0.39 is 34.9 Å². The van der Waals surface area contributed by atoms with Gasteiger partial charge in [0.25, 0.3) is 17.4 Å². The number of oxime groups is 1. The predicted octanol–water partition coefficient (Wildman–Crippen LogP) is 1.19. The van der Waals surface area contributed by atoms with Crippen LogP contribution < -0.4 is 32.6 Å². The van der Waals surface area contributed by atoms with Gasteiger partial charge in [0.05, 0.1) is 29.7 Å². The molecule has 0 aliphatic heterocycles. The second kappa shape index (κ2) is 15.9. The summed E-state index contributed by atoms with van der Waals surface area (Å²) in [6.07, 6.45) is 2.08. The van der Waals surface area contributed by atoms with Crippen LogP contribution in [-0.4, -0.2) is 73.2 Å². The van der Waals surface area contributed by atoms with E-state index in [4.69, 9.17) is 5.73 Å². The number of carbonyl (C=O) groups is 3. The maximum Gasteiger partial charge on any atom is 0.286 e. The van der Waals surface area contributed by atoms with Crippen molar-refractivity contribution < 1.29 is 19.6 Å². The molecule has 0 aliphatic rings. The van der Waals surface area contributed by atoms with Crippen molar-refractivity contribution in [2.24, 2.45) is 10.3 Å². The topological polar surface area (TPSA) is 259 Å². The van der Waals surface area contributed by atoms with Crippen LogP contribution in [0.2, 0.25) is 0 Å². The molecule has 17 heteroatoms. The monoisotopic (exact) mass is 623 g/mol. The number of rotatable bonds is 16. The van der Waals surface area contributed by atoms with Crippen LogP contribution in [0, 0.1) is 4.91 Å². The van der Waals surface area contributed by atoms with Crippen molar-refractivity contribution in [2.75, 3.05) is 24.1 Å². The maximum absolute atomic E-state index is 13.0. The first-order valence-electron chi connectivity index (χ1n) is 14.2. The van der Waals surface area contributed by atoms with Crippen LogP contribution in [0.1, 0.15) is 62.5 Å². The molecule has 0 aliphatic carbocycles. The fraction of sp³-hybridized carbons (Fsp3) is 0.429. The van der Waals surface area contributed by atoms with Gasteiger partial charge in [-0.2, -0.15) is 4.98 Å². The number of nitrogen functional groups attached to an aromatic ring is 1. The molecule has 3 aromatic rings. The molecule has 240 valence electrons. The van der Waals surface area contributed by atoms with Gasteiger partial charge in [-0.1, -0.05) is 12.1 Å². The summed E-state index contributed by atoms with van der Waals surface area (Å²) in [6.45, 7) is 6.74. The number of anilines is 2. The Balaban J connectivity index is 1.61. The zero-order chi connectivity index (χ0) is 33.0. The minimum Gasteiger partial charge on any atom is -0.411 e. The first-order chi connectivity index (χ1) is 21.5. The smallest absolute Gasteiger partial charge is 0.286 e. The second-order valence-corrected chi connectivity index (χ2v) is 10.6. The molecule has 45 heavy (non-hydrogen) atoms. The standard InChI is InChI=1S/C28H37N11O6/c1-4-12-33-28(2,3)20(38-44)11-13-30-25(42)19(9-10-21(40)39-45)35-24(41)16-5-7-17(8-6-16)31-14-18-15-32-23-22(34-18)26(43)37-27(29)36-23/h5-8,15,19,31,33,44H,4,9-14H2,1-3H3,(H,30,42)(H,35,41)(H3,29,32,36,37,43)/b38-20+. The summed E-state index contributed by atoms with van der Waals surface area (Å²) < 4.78 is 0. The van der Waals surface area contributed by atoms with Gasteiger partial charge in [-0.15, -0.1) is 4.91 Å². The molecule has 1 aromatic carbocycles. The van der Waals surface area contributed by atoms with Crippen molar-refractivity contribution >= 4 is 46.2 Å². The van der Waals surface area contributed by atoms with Crippen molar-refractivity contribution in [2.45, 2.75) is 64.6 Å². The third-order valence-electron chi connectivity index (χ3n) is 6.80. The van der Waals surface area contributed by atoms with Gasteiger partial charge in [-0.05, 0) is 57.5 Å². The van der Waals surface area contributed by atoms with Crippen LogP contribution in [0.5, 0.6) is 0 Å². The number of carbonyl (C=O) groups excluding carboxylic acids is 3. The van der Waals surface area contributed by atoms with Crippen molar-refractivity contribution in [1.29, 1.82) is 0 Å². The minimum atomic E-state index is -1.14. The molecule has 2 heterocycles. The van der Waals surface area contributed by atoms with Crippen LogP contribution in [0.15, 0.2) is 45.6 Å². The summed E-state index contributed by atoms with van der Waals surface area (Å²) in [6, 6.07) is 5.20. The van der Waals surface area contributed by atoms with Gasteiger partial charge in [-0.25, -0.2) is 9.97 Å². The van der Waals surface area contributed by atoms with Crippen LogP contribution in [0.25, 0.3) is 11.2 Å². The Kier molecular flexibility index (Phi) is 12.1. The molecule has 0 bridgehead atoms. The number of benzene rings is 1. The largest absolute Gasteiger partial charge is 0.411 e. The SMILES string of the molecule is CCCNC(C)(C)/C(CCNC(=O)C(CCC(=O)N=O)NC(=O)c1ccc(NCc2cnc3nc(N)[nH]c(=O)c3n2)cc1)=N/O. The summed E-state index contributed by atoms with van der Waals surface area (Å²) >= 11 is 0. The highest BCUT2D eigenvalue weighted by molar-refractivity contribution is 5.98. The molecule has 1 unspecified atom stereocenters. The number of hydrogen-bond acceptors (Lipinski definition) is 13. The van der Waals surface area contributed by atoms with Gasteiger partial charge >= 0.3 is 0 Å². The summed E-state index contributed by atoms with van der Waals surface area (Å²) in [4.78, 5) is 74.8. The van der Waals surface area contributed by atoms with E-state index in [-0.39, 0.29) is 55.0 Å². The number of aromatic nitrogens is 4. The second-order valence-electron chi connectivity index (χ2n) is 10.6. The molecule has 1 atom stereocenters. The summed E-state index contributed by atoms with van der Waals surface area (Å²) in [5.74, 6) is -2.17. The van der Waals surface area contributed by atoms with Crippen molar-refractivity contribution in [1.82, 2.24) is 35.9 Å². The van der Waals surface area contributed by atoms with Crippen LogP contribution in [0.4, 0.5) is 11.6 Å². The Morgan fingerprint density at radius 1 is 1.11 bits per heavy atom. The summed E-state index contributed by atoms with van der Waals surface area (Å²) in [5, 5.41) is 26.9. The molecule has 0 radical (unpaired) electrons. The number of amides is 3. The molecular weight excluding hydrogens is 586 g/mol. The van der Waals surface area contributed by atoms with Crippen molar-refractivity contribution in [3.05, 3.63) is 57.0 Å². The average molecular weight is 624 g/mol. The lowest BCUT2D eigenvalue weighted by Crippen LogP contribution is -2.50. The van der Waals surface area contributed by atoms with Gasteiger partial charge in [0, 0.05) is 35.8 Å². The Morgan fingerprint density at radius 3 is 2.51 bits per heavy atom. The third kappa shape index (κ3) is 9.85. The molecule has 3 amide bonds. The molecular formula is C28H37N11O6. The van der Waals surface area contributed by atoms with E-state index in [9.17, 15) is 29.3 Å². The number of nitrogens with zero attached hydrogens (tertiary/aromatic N) is 5. The molecule has 0 spiro atoms. The maximum atomic E-state index is 13.0. The highest BCUT2D eigenvalue weighted by Crippen LogP contribution is 2.13. The quantitative estimate of drug-likeness (QED) is 0.0514. The number of hydrogen-bond donors (Lipinski definition) is 7. The number of nitrogens with one attached hydrogen (secondary N) is 5. The minimum absolute atomic E-state index is 0.0505. The predicted molar refractivity (Wildman–Crippen MR) is 167 cm³/mol. The molecule has 17 nitrogen and oxygen atoms in total. The van der Waals surface area contributed by atoms with Gasteiger partial charge in [0.1, 0.15) is 6.04 Å². The summed E-state index contributed by atoms with van der Waals surface area (Å²) in [5.41, 5.74) is 6.34. The van der Waals surface area contributed by atoms with Crippen LogP contribution in [-0.2, 0) is 16.1 Å². The van der Waals surface area contributed by atoms with E-state index in [2.05, 4.69) is 51.5 Å². The fourth-order valence-electron chi connectivity index (χ4n) is 4.27. The molecule has 2 aromatic heterocycles. The first kappa shape index (κ1) is 34.2. The average Bonchev–Trinajstić information content (AvgIpc) is 3.02. The fourth-order valence-corrected chi connectivity index (χ4v) is 4.27. The van der Waals surface area contributed by atoms with Gasteiger partial charge in [0.15, 0.2) is 11.2 Å². The molecule has 0 saturated heterocycles. The lowest BCUT2D eigenvalue weighted by molar-refractivity contribution is -0.123. The third-order valence-corrected chi connectivity index (χ3v) is 6.80. The molecule has 8 N–H and O–H groups in total.